The number of hydrogen-bond acceptors (Lipinski definition) is 3. The van der Waals surface area contributed by atoms with Crippen LogP contribution >= 0.6 is 11.6 Å². The summed E-state index contributed by atoms with van der Waals surface area (Å²) in [5, 5.41) is 9.32. The van der Waals surface area contributed by atoms with Crippen molar-refractivity contribution in [2.24, 2.45) is 0 Å². The first-order valence-electron chi connectivity index (χ1n) is 5.77. The largest absolute Gasteiger partial charge is 0.311 e. The summed E-state index contributed by atoms with van der Waals surface area (Å²) in [7, 11) is 1.80. The van der Waals surface area contributed by atoms with Gasteiger partial charge in [-0.25, -0.2) is 0 Å². The molecule has 5 heteroatoms. The lowest BCUT2D eigenvalue weighted by atomic mass is 10.2. The molecular weight excluding hydrogens is 250 g/mol. The van der Waals surface area contributed by atoms with Gasteiger partial charge in [-0.05, 0) is 37.7 Å². The van der Waals surface area contributed by atoms with E-state index in [9.17, 15) is 4.79 Å². The molecule has 0 N–H and O–H groups in total. The van der Waals surface area contributed by atoms with E-state index in [4.69, 9.17) is 16.9 Å². The highest BCUT2D eigenvalue weighted by Gasteiger charge is 2.34. The van der Waals surface area contributed by atoms with Crippen molar-refractivity contribution in [1.29, 1.82) is 5.26 Å². The molecule has 1 heterocycles. The third-order valence-corrected chi connectivity index (χ3v) is 3.42. The minimum atomic E-state index is -0.194. The molecule has 1 aromatic rings. The average molecular weight is 264 g/mol. The summed E-state index contributed by atoms with van der Waals surface area (Å²) in [5.74, 6) is 0.0510. The highest BCUT2D eigenvalue weighted by molar-refractivity contribution is 6.30. The molecule has 1 aliphatic heterocycles. The number of nitriles is 1. The number of rotatable bonds is 3. The second-order valence-corrected chi connectivity index (χ2v) is 4.78. The fourth-order valence-electron chi connectivity index (χ4n) is 2.17. The van der Waals surface area contributed by atoms with Gasteiger partial charge >= 0.3 is 0 Å². The van der Waals surface area contributed by atoms with E-state index in [1.165, 1.54) is 0 Å². The van der Waals surface area contributed by atoms with Crippen molar-refractivity contribution >= 4 is 23.2 Å². The van der Waals surface area contributed by atoms with Gasteiger partial charge in [-0.3, -0.25) is 9.69 Å². The number of carbonyl (C=O) groups excluding carboxylic acids is 1. The number of likely N-dealkylation sites (N-methyl/N-ethyl adjacent to an activating group) is 1. The van der Waals surface area contributed by atoms with E-state index < -0.39 is 0 Å². The quantitative estimate of drug-likeness (QED) is 0.783. The molecule has 0 aliphatic carbocycles. The third-order valence-electron chi connectivity index (χ3n) is 3.17. The molecule has 1 atom stereocenters. The fraction of sp³-hybridized carbons (Fsp3) is 0.385. The van der Waals surface area contributed by atoms with Crippen LogP contribution in [0.1, 0.15) is 6.42 Å². The summed E-state index contributed by atoms with van der Waals surface area (Å²) >= 11 is 5.83. The van der Waals surface area contributed by atoms with E-state index in [1.54, 1.807) is 29.0 Å². The topological polar surface area (TPSA) is 47.3 Å². The van der Waals surface area contributed by atoms with Gasteiger partial charge in [0.15, 0.2) is 0 Å². The summed E-state index contributed by atoms with van der Waals surface area (Å²) in [4.78, 5) is 15.8. The Morgan fingerprint density at radius 3 is 2.78 bits per heavy atom. The Kier molecular flexibility index (Phi) is 3.85. The SMILES string of the molecule is CN(CC#N)[C@@H]1CCN(c2ccc(Cl)cc2)C1=O. The van der Waals surface area contributed by atoms with E-state index in [0.29, 0.717) is 11.6 Å². The molecule has 1 fully saturated rings. The van der Waals surface area contributed by atoms with Gasteiger partial charge in [0.05, 0.1) is 18.7 Å². The molecule has 94 valence electrons. The molecule has 0 aromatic heterocycles. The van der Waals surface area contributed by atoms with Crippen LogP contribution in [0.5, 0.6) is 0 Å². The Labute approximate surface area is 111 Å². The Bertz CT molecular complexity index is 480. The van der Waals surface area contributed by atoms with Crippen LogP contribution < -0.4 is 4.90 Å². The minimum Gasteiger partial charge on any atom is -0.311 e. The predicted octanol–water partition coefficient (Wildman–Crippen LogP) is 1.90. The lowest BCUT2D eigenvalue weighted by molar-refractivity contribution is -0.121. The van der Waals surface area contributed by atoms with E-state index in [2.05, 4.69) is 6.07 Å². The zero-order valence-electron chi connectivity index (χ0n) is 10.1. The average Bonchev–Trinajstić information content (AvgIpc) is 2.73. The summed E-state index contributed by atoms with van der Waals surface area (Å²) in [6.45, 7) is 0.950. The zero-order valence-corrected chi connectivity index (χ0v) is 10.9. The van der Waals surface area contributed by atoms with Gasteiger partial charge in [0.2, 0.25) is 5.91 Å². The monoisotopic (exact) mass is 263 g/mol. The second-order valence-electron chi connectivity index (χ2n) is 4.34. The minimum absolute atomic E-state index is 0.0510. The lowest BCUT2D eigenvalue weighted by Gasteiger charge is -2.21. The molecule has 0 bridgehead atoms. The molecule has 0 unspecified atom stereocenters. The van der Waals surface area contributed by atoms with Crippen LogP contribution in [0.4, 0.5) is 5.69 Å². The number of halogens is 1. The Balaban J connectivity index is 2.12. The highest BCUT2D eigenvalue weighted by atomic mass is 35.5. The molecule has 1 aliphatic rings. The Hall–Kier alpha value is -1.57. The summed E-state index contributed by atoms with van der Waals surface area (Å²) in [6, 6.07) is 9.10. The van der Waals surface area contributed by atoms with E-state index in [-0.39, 0.29) is 18.5 Å². The van der Waals surface area contributed by atoms with E-state index >= 15 is 0 Å². The zero-order chi connectivity index (χ0) is 13.1. The van der Waals surface area contributed by atoms with Gasteiger partial charge in [-0.15, -0.1) is 0 Å². The van der Waals surface area contributed by atoms with Crippen LogP contribution in [0.2, 0.25) is 5.02 Å². The van der Waals surface area contributed by atoms with Crippen molar-refractivity contribution in [2.45, 2.75) is 12.5 Å². The van der Waals surface area contributed by atoms with Crippen LogP contribution in [-0.2, 0) is 4.79 Å². The van der Waals surface area contributed by atoms with Gasteiger partial charge in [0.1, 0.15) is 0 Å². The summed E-state index contributed by atoms with van der Waals surface area (Å²) < 4.78 is 0. The maximum Gasteiger partial charge on any atom is 0.244 e. The van der Waals surface area contributed by atoms with Gasteiger partial charge < -0.3 is 4.90 Å². The highest BCUT2D eigenvalue weighted by Crippen LogP contribution is 2.25. The van der Waals surface area contributed by atoms with E-state index in [1.807, 2.05) is 12.1 Å². The molecule has 4 nitrogen and oxygen atoms in total. The van der Waals surface area contributed by atoms with Crippen LogP contribution in [0.3, 0.4) is 0 Å². The van der Waals surface area contributed by atoms with Crippen LogP contribution in [0.25, 0.3) is 0 Å². The molecule has 0 radical (unpaired) electrons. The molecule has 0 saturated carbocycles. The normalized spacial score (nSPS) is 19.3. The smallest absolute Gasteiger partial charge is 0.244 e. The van der Waals surface area contributed by atoms with Crippen molar-refractivity contribution in [1.82, 2.24) is 4.90 Å². The molecule has 18 heavy (non-hydrogen) atoms. The first-order chi connectivity index (χ1) is 8.63. The molecule has 1 aromatic carbocycles. The fourth-order valence-corrected chi connectivity index (χ4v) is 2.30. The van der Waals surface area contributed by atoms with Crippen LogP contribution in [0.15, 0.2) is 24.3 Å². The van der Waals surface area contributed by atoms with Gasteiger partial charge in [-0.1, -0.05) is 11.6 Å². The Morgan fingerprint density at radius 1 is 1.50 bits per heavy atom. The summed E-state index contributed by atoms with van der Waals surface area (Å²) in [6.07, 6.45) is 0.750. The standard InChI is InChI=1S/C13H14ClN3O/c1-16(9-7-15)12-6-8-17(13(12)18)11-4-2-10(14)3-5-11/h2-5,12H,6,8-9H2,1H3/t12-/m1/s1. The molecule has 1 amide bonds. The summed E-state index contributed by atoms with van der Waals surface area (Å²) in [5.41, 5.74) is 0.859. The van der Waals surface area contributed by atoms with Crippen molar-refractivity contribution in [3.63, 3.8) is 0 Å². The Morgan fingerprint density at radius 2 is 2.17 bits per heavy atom. The maximum atomic E-state index is 12.2. The molecule has 1 saturated heterocycles. The first kappa shape index (κ1) is 12.9. The molecule has 0 spiro atoms. The maximum absolute atomic E-state index is 12.2. The third kappa shape index (κ3) is 2.47. The van der Waals surface area contributed by atoms with Crippen molar-refractivity contribution in [2.75, 3.05) is 25.0 Å². The van der Waals surface area contributed by atoms with Crippen LogP contribution in [0, 0.1) is 11.3 Å². The molecule has 2 rings (SSSR count). The van der Waals surface area contributed by atoms with E-state index in [0.717, 1.165) is 12.1 Å². The van der Waals surface area contributed by atoms with Crippen molar-refractivity contribution in [3.05, 3.63) is 29.3 Å². The van der Waals surface area contributed by atoms with Gasteiger partial charge in [0.25, 0.3) is 0 Å². The van der Waals surface area contributed by atoms with Crippen molar-refractivity contribution < 1.29 is 4.79 Å². The second kappa shape index (κ2) is 5.38. The number of nitrogens with zero attached hydrogens (tertiary/aromatic N) is 3. The predicted molar refractivity (Wildman–Crippen MR) is 70.5 cm³/mol. The number of anilines is 1. The molecular formula is C13H14ClN3O. The number of carbonyl (C=O) groups is 1. The first-order valence-corrected chi connectivity index (χ1v) is 6.15. The lowest BCUT2D eigenvalue weighted by Crippen LogP contribution is -2.39. The van der Waals surface area contributed by atoms with Gasteiger partial charge in [0, 0.05) is 17.3 Å². The van der Waals surface area contributed by atoms with Crippen LogP contribution in [-0.4, -0.2) is 37.0 Å². The van der Waals surface area contributed by atoms with Crippen molar-refractivity contribution in [3.8, 4) is 6.07 Å². The number of hydrogen-bond donors (Lipinski definition) is 0. The number of benzene rings is 1. The number of amides is 1. The van der Waals surface area contributed by atoms with Gasteiger partial charge in [-0.2, -0.15) is 5.26 Å².